The maximum Gasteiger partial charge on any atom is 0.410 e. The fourth-order valence-electron chi connectivity index (χ4n) is 5.21. The van der Waals surface area contributed by atoms with Crippen LogP contribution in [0.15, 0.2) is 36.4 Å². The molecular formula is C28H39N3O4. The summed E-state index contributed by atoms with van der Waals surface area (Å²) >= 11 is 0. The Morgan fingerprint density at radius 1 is 1.09 bits per heavy atom. The minimum absolute atomic E-state index is 0.00280. The van der Waals surface area contributed by atoms with Crippen molar-refractivity contribution in [1.29, 1.82) is 0 Å². The van der Waals surface area contributed by atoms with Crippen LogP contribution in [-0.4, -0.2) is 57.6 Å². The van der Waals surface area contributed by atoms with Crippen LogP contribution < -0.4 is 4.74 Å². The van der Waals surface area contributed by atoms with Gasteiger partial charge in [0.25, 0.3) is 5.91 Å². The van der Waals surface area contributed by atoms with Crippen molar-refractivity contribution in [1.82, 2.24) is 14.8 Å². The fraction of sp³-hybridized carbons (Fsp3) is 0.571. The molecule has 2 amide bonds. The van der Waals surface area contributed by atoms with E-state index < -0.39 is 5.60 Å². The van der Waals surface area contributed by atoms with Crippen LogP contribution in [0.4, 0.5) is 4.79 Å². The molecule has 2 heterocycles. The molecule has 1 saturated carbocycles. The summed E-state index contributed by atoms with van der Waals surface area (Å²) in [5.74, 6) is 0.805. The van der Waals surface area contributed by atoms with Gasteiger partial charge < -0.3 is 24.3 Å². The monoisotopic (exact) mass is 481 g/mol. The molecule has 4 rings (SSSR count). The molecule has 7 heteroatoms. The number of H-pyrrole nitrogens is 1. The van der Waals surface area contributed by atoms with Crippen LogP contribution in [0.1, 0.15) is 81.5 Å². The lowest BCUT2D eigenvalue weighted by Crippen LogP contribution is -2.50. The first-order valence-corrected chi connectivity index (χ1v) is 12.9. The predicted octanol–water partition coefficient (Wildman–Crippen LogP) is 5.55. The zero-order valence-electron chi connectivity index (χ0n) is 21.5. The number of aromatic amines is 1. The molecule has 1 fully saturated rings. The van der Waals surface area contributed by atoms with Crippen molar-refractivity contribution in [2.75, 3.05) is 13.2 Å². The van der Waals surface area contributed by atoms with Gasteiger partial charge in [-0.25, -0.2) is 4.79 Å². The standard InChI is InChI=1S/C28H39N3O4/c1-5-30(26(32)24-18-25-23(29-24)15-10-16-34-25)21-13-9-14-22(17-21)31(27(33)35-28(2,3)4)19-20-11-7-6-8-12-20/h6-8,11-12,18,21-22,29H,5,9-10,13-17,19H2,1-4H3/t21-,22+/m0/s1. The van der Waals surface area contributed by atoms with Gasteiger partial charge in [-0.1, -0.05) is 30.3 Å². The molecule has 0 spiro atoms. The minimum atomic E-state index is -0.569. The maximum absolute atomic E-state index is 13.5. The summed E-state index contributed by atoms with van der Waals surface area (Å²) in [5.41, 5.74) is 2.10. The van der Waals surface area contributed by atoms with E-state index in [4.69, 9.17) is 9.47 Å². The first kappa shape index (κ1) is 25.1. The molecule has 0 radical (unpaired) electrons. The van der Waals surface area contributed by atoms with E-state index in [1.54, 1.807) is 0 Å². The van der Waals surface area contributed by atoms with Crippen molar-refractivity contribution in [3.63, 3.8) is 0 Å². The van der Waals surface area contributed by atoms with Crippen molar-refractivity contribution in [2.45, 2.75) is 90.4 Å². The molecule has 1 aromatic carbocycles. The second kappa shape index (κ2) is 10.8. The highest BCUT2D eigenvalue weighted by molar-refractivity contribution is 5.93. The van der Waals surface area contributed by atoms with Crippen molar-refractivity contribution >= 4 is 12.0 Å². The number of rotatable bonds is 6. The summed E-state index contributed by atoms with van der Waals surface area (Å²) in [5, 5.41) is 0. The van der Waals surface area contributed by atoms with Crippen molar-refractivity contribution in [3.8, 4) is 5.75 Å². The Kier molecular flexibility index (Phi) is 7.72. The molecule has 0 saturated heterocycles. The second-order valence-corrected chi connectivity index (χ2v) is 10.6. The lowest BCUT2D eigenvalue weighted by atomic mass is 9.88. The number of amides is 2. The molecule has 2 aliphatic rings. The minimum Gasteiger partial charge on any atom is -0.492 e. The Balaban J connectivity index is 1.52. The summed E-state index contributed by atoms with van der Waals surface area (Å²) in [6, 6.07) is 11.9. The van der Waals surface area contributed by atoms with E-state index in [0.717, 1.165) is 55.5 Å². The van der Waals surface area contributed by atoms with E-state index in [1.165, 1.54) is 0 Å². The lowest BCUT2D eigenvalue weighted by Gasteiger charge is -2.41. The van der Waals surface area contributed by atoms with E-state index in [2.05, 4.69) is 4.98 Å². The fourth-order valence-corrected chi connectivity index (χ4v) is 5.21. The van der Waals surface area contributed by atoms with Gasteiger partial charge in [0, 0.05) is 31.2 Å². The number of aromatic nitrogens is 1. The molecule has 1 N–H and O–H groups in total. The smallest absolute Gasteiger partial charge is 0.410 e. The molecule has 0 bridgehead atoms. The van der Waals surface area contributed by atoms with Gasteiger partial charge in [-0.2, -0.15) is 0 Å². The molecule has 1 aliphatic heterocycles. The zero-order valence-corrected chi connectivity index (χ0v) is 21.5. The van der Waals surface area contributed by atoms with E-state index in [0.29, 0.717) is 25.4 Å². The summed E-state index contributed by atoms with van der Waals surface area (Å²) in [6.07, 6.45) is 5.10. The highest BCUT2D eigenvalue weighted by atomic mass is 16.6. The molecule has 2 atom stereocenters. The topological polar surface area (TPSA) is 74.9 Å². The first-order valence-electron chi connectivity index (χ1n) is 12.9. The Labute approximate surface area is 208 Å². The van der Waals surface area contributed by atoms with E-state index in [9.17, 15) is 9.59 Å². The van der Waals surface area contributed by atoms with Crippen molar-refractivity contribution in [3.05, 3.63) is 53.3 Å². The molecule has 1 aromatic heterocycles. The van der Waals surface area contributed by atoms with Gasteiger partial charge in [0.15, 0.2) is 0 Å². The molecule has 1 aliphatic carbocycles. The lowest BCUT2D eigenvalue weighted by molar-refractivity contribution is 0.00434. The van der Waals surface area contributed by atoms with Crippen LogP contribution in [0.25, 0.3) is 0 Å². The number of fused-ring (bicyclic) bond motifs is 1. The second-order valence-electron chi connectivity index (χ2n) is 10.6. The number of carbonyl (C=O) groups excluding carboxylic acids is 2. The van der Waals surface area contributed by atoms with Gasteiger partial charge in [0.2, 0.25) is 0 Å². The van der Waals surface area contributed by atoms with Crippen molar-refractivity contribution in [2.24, 2.45) is 0 Å². The summed E-state index contributed by atoms with van der Waals surface area (Å²) in [7, 11) is 0. The number of ether oxygens (including phenoxy) is 2. The van der Waals surface area contributed by atoms with Gasteiger partial charge in [-0.3, -0.25) is 4.79 Å². The van der Waals surface area contributed by atoms with Crippen LogP contribution >= 0.6 is 0 Å². The largest absolute Gasteiger partial charge is 0.492 e. The summed E-state index contributed by atoms with van der Waals surface area (Å²) in [6.45, 7) is 9.52. The predicted molar refractivity (Wildman–Crippen MR) is 136 cm³/mol. The average Bonchev–Trinajstić information content (AvgIpc) is 3.27. The molecule has 0 unspecified atom stereocenters. The van der Waals surface area contributed by atoms with E-state index >= 15 is 0 Å². The van der Waals surface area contributed by atoms with Gasteiger partial charge in [0.05, 0.1) is 12.3 Å². The van der Waals surface area contributed by atoms with Gasteiger partial charge in [-0.15, -0.1) is 0 Å². The number of carbonyl (C=O) groups is 2. The van der Waals surface area contributed by atoms with Crippen molar-refractivity contribution < 1.29 is 19.1 Å². The normalized spacial score (nSPS) is 19.9. The highest BCUT2D eigenvalue weighted by Crippen LogP contribution is 2.31. The molecule has 35 heavy (non-hydrogen) atoms. The van der Waals surface area contributed by atoms with E-state index in [1.807, 2.05) is 73.9 Å². The number of aryl methyl sites for hydroxylation is 1. The van der Waals surface area contributed by atoms with Gasteiger partial charge in [0.1, 0.15) is 17.0 Å². The Hall–Kier alpha value is -2.96. The Morgan fingerprint density at radius 3 is 2.46 bits per heavy atom. The van der Waals surface area contributed by atoms with Crippen LogP contribution in [0.3, 0.4) is 0 Å². The number of nitrogens with zero attached hydrogens (tertiary/aromatic N) is 2. The van der Waals surface area contributed by atoms with Crippen LogP contribution in [0, 0.1) is 0 Å². The molecule has 7 nitrogen and oxygen atoms in total. The summed E-state index contributed by atoms with van der Waals surface area (Å²) in [4.78, 5) is 33.9. The van der Waals surface area contributed by atoms with Gasteiger partial charge in [-0.05, 0) is 71.8 Å². The third-order valence-corrected chi connectivity index (χ3v) is 6.84. The van der Waals surface area contributed by atoms with E-state index in [-0.39, 0.29) is 24.1 Å². The third kappa shape index (κ3) is 6.19. The Bertz CT molecular complexity index is 987. The third-order valence-electron chi connectivity index (χ3n) is 6.84. The number of benzene rings is 1. The average molecular weight is 482 g/mol. The first-order chi connectivity index (χ1) is 16.7. The zero-order chi connectivity index (χ0) is 25.0. The summed E-state index contributed by atoms with van der Waals surface area (Å²) < 4.78 is 11.5. The Morgan fingerprint density at radius 2 is 1.80 bits per heavy atom. The highest BCUT2D eigenvalue weighted by Gasteiger charge is 2.36. The number of hydrogen-bond acceptors (Lipinski definition) is 4. The number of nitrogens with one attached hydrogen (secondary N) is 1. The number of hydrogen-bond donors (Lipinski definition) is 1. The van der Waals surface area contributed by atoms with Crippen LogP contribution in [0.2, 0.25) is 0 Å². The quantitative estimate of drug-likeness (QED) is 0.587. The molecule has 190 valence electrons. The molecular weight excluding hydrogens is 442 g/mol. The maximum atomic E-state index is 13.5. The van der Waals surface area contributed by atoms with Crippen LogP contribution in [0.5, 0.6) is 5.75 Å². The van der Waals surface area contributed by atoms with Gasteiger partial charge >= 0.3 is 6.09 Å². The molecule has 2 aromatic rings. The van der Waals surface area contributed by atoms with Crippen LogP contribution in [-0.2, 0) is 17.7 Å². The SMILES string of the molecule is CCN(C(=O)c1cc2c([nH]1)CCCO2)[C@H]1CCC[C@@H](N(Cc2ccccc2)C(=O)OC(C)(C)C)C1.